The highest BCUT2D eigenvalue weighted by Gasteiger charge is 2.34. The Hall–Kier alpha value is -2.32. The highest BCUT2D eigenvalue weighted by Crippen LogP contribution is 2.47. The Kier molecular flexibility index (Phi) is 12.4. The average Bonchev–Trinajstić information content (AvgIpc) is 3.23. The van der Waals surface area contributed by atoms with Gasteiger partial charge in [0, 0.05) is 39.5 Å². The lowest BCUT2D eigenvalue weighted by Crippen LogP contribution is -2.31. The van der Waals surface area contributed by atoms with Crippen molar-refractivity contribution in [1.29, 1.82) is 0 Å². The molecule has 1 saturated carbocycles. The molecule has 212 valence electrons. The van der Waals surface area contributed by atoms with Crippen LogP contribution in [0.15, 0.2) is 34.9 Å². The second-order valence-corrected chi connectivity index (χ2v) is 11.7. The minimum Gasteiger partial charge on any atom is -0.462 e. The molecule has 5 nitrogen and oxygen atoms in total. The van der Waals surface area contributed by atoms with Crippen LogP contribution in [0.5, 0.6) is 0 Å². The summed E-state index contributed by atoms with van der Waals surface area (Å²) in [5, 5.41) is 10.5. The summed E-state index contributed by atoms with van der Waals surface area (Å²) in [5.74, 6) is 6.19. The summed E-state index contributed by atoms with van der Waals surface area (Å²) in [5.41, 5.74) is 3.35. The fraction of sp³-hybridized carbons (Fsp3) is 0.697. The quantitative estimate of drug-likeness (QED) is 0.173. The molecule has 0 saturated heterocycles. The van der Waals surface area contributed by atoms with Gasteiger partial charge in [-0.25, -0.2) is 0 Å². The largest absolute Gasteiger partial charge is 0.462 e. The topological polar surface area (TPSA) is 72.8 Å². The second-order valence-electron chi connectivity index (χ2n) is 11.7. The zero-order valence-corrected chi connectivity index (χ0v) is 24.8. The zero-order valence-electron chi connectivity index (χ0n) is 24.8. The number of carbonyl (C=O) groups excluding carboxylic acids is 2. The molecule has 38 heavy (non-hydrogen) atoms. The molecule has 2 rings (SSSR count). The van der Waals surface area contributed by atoms with Crippen molar-refractivity contribution in [2.45, 2.75) is 137 Å². The van der Waals surface area contributed by atoms with Crippen LogP contribution in [0, 0.1) is 23.2 Å². The van der Waals surface area contributed by atoms with Crippen LogP contribution in [0.3, 0.4) is 0 Å². The third-order valence-corrected chi connectivity index (χ3v) is 8.26. The second kappa shape index (κ2) is 14.7. The molecule has 2 aliphatic rings. The van der Waals surface area contributed by atoms with Gasteiger partial charge in [0.2, 0.25) is 0 Å². The standard InChI is InChI=1S/C33H50O5/c1-8-33(36,9-2)20-11-14-25(4)31-15-12-19-32(31,7)18-10-13-24(3)16-17-28-21-29(37-26(5)34)23-30(22-28)38-27(6)35/h15-17,25,29-30,36H,8-10,12-14,18-19,21-23H2,1-7H3/b24-16-,28-17-/t25?,29?,30-,32+/m1/s1. The van der Waals surface area contributed by atoms with Crippen LogP contribution in [-0.4, -0.2) is 34.9 Å². The normalized spacial score (nSPS) is 25.8. The highest BCUT2D eigenvalue weighted by molar-refractivity contribution is 5.67. The van der Waals surface area contributed by atoms with Crippen LogP contribution in [0.1, 0.15) is 119 Å². The number of carbonyl (C=O) groups is 2. The van der Waals surface area contributed by atoms with Crippen molar-refractivity contribution in [2.75, 3.05) is 0 Å². The minimum absolute atomic E-state index is 0.212. The van der Waals surface area contributed by atoms with E-state index in [9.17, 15) is 14.7 Å². The van der Waals surface area contributed by atoms with Crippen LogP contribution in [-0.2, 0) is 19.1 Å². The van der Waals surface area contributed by atoms with Gasteiger partial charge in [-0.3, -0.25) is 9.59 Å². The molecule has 0 aromatic rings. The molecule has 0 amide bonds. The first-order chi connectivity index (χ1) is 17.9. The number of aliphatic hydroxyl groups is 1. The molecule has 1 N–H and O–H groups in total. The van der Waals surface area contributed by atoms with Gasteiger partial charge in [0.1, 0.15) is 17.8 Å². The summed E-state index contributed by atoms with van der Waals surface area (Å²) in [4.78, 5) is 22.9. The molecule has 0 aliphatic heterocycles. The molecule has 2 unspecified atom stereocenters. The van der Waals surface area contributed by atoms with Crippen molar-refractivity contribution in [2.24, 2.45) is 11.3 Å². The predicted molar refractivity (Wildman–Crippen MR) is 153 cm³/mol. The monoisotopic (exact) mass is 526 g/mol. The van der Waals surface area contributed by atoms with E-state index in [2.05, 4.69) is 50.8 Å². The fourth-order valence-electron chi connectivity index (χ4n) is 5.92. The van der Waals surface area contributed by atoms with Crippen LogP contribution in [0.25, 0.3) is 0 Å². The Morgan fingerprint density at radius 2 is 1.76 bits per heavy atom. The van der Waals surface area contributed by atoms with E-state index >= 15 is 0 Å². The third kappa shape index (κ3) is 10.1. The lowest BCUT2D eigenvalue weighted by Gasteiger charge is -2.31. The maximum absolute atomic E-state index is 11.5. The van der Waals surface area contributed by atoms with E-state index in [1.807, 2.05) is 13.8 Å². The third-order valence-electron chi connectivity index (χ3n) is 8.26. The van der Waals surface area contributed by atoms with Crippen molar-refractivity contribution in [3.63, 3.8) is 0 Å². The van der Waals surface area contributed by atoms with Gasteiger partial charge in [-0.15, -0.1) is 0 Å². The van der Waals surface area contributed by atoms with Crippen molar-refractivity contribution in [1.82, 2.24) is 0 Å². The number of hydrogen-bond acceptors (Lipinski definition) is 5. The molecule has 4 atom stereocenters. The van der Waals surface area contributed by atoms with Gasteiger partial charge >= 0.3 is 11.9 Å². The maximum atomic E-state index is 11.5. The first-order valence-corrected chi connectivity index (χ1v) is 14.5. The SMILES string of the molecule is CCC(O)(C#CCC(C)C1=CCC[C@]1(C)CCC/C(C)=C\C=C1\CC(OC(C)=O)C[C@H](OC(C)=O)C1)CC. The molecule has 0 aromatic carbocycles. The van der Waals surface area contributed by atoms with E-state index < -0.39 is 5.60 Å². The van der Waals surface area contributed by atoms with Gasteiger partial charge < -0.3 is 14.6 Å². The van der Waals surface area contributed by atoms with Crippen LogP contribution in [0.2, 0.25) is 0 Å². The van der Waals surface area contributed by atoms with Crippen molar-refractivity contribution < 1.29 is 24.2 Å². The lowest BCUT2D eigenvalue weighted by molar-refractivity contribution is -0.154. The Bertz CT molecular complexity index is 945. The van der Waals surface area contributed by atoms with E-state index in [0.717, 1.165) is 37.7 Å². The van der Waals surface area contributed by atoms with Gasteiger partial charge in [0.15, 0.2) is 0 Å². The summed E-state index contributed by atoms with van der Waals surface area (Å²) in [6, 6.07) is 0. The highest BCUT2D eigenvalue weighted by atomic mass is 16.6. The lowest BCUT2D eigenvalue weighted by atomic mass is 9.73. The summed E-state index contributed by atoms with van der Waals surface area (Å²) in [6.45, 7) is 13.6. The van der Waals surface area contributed by atoms with E-state index in [0.29, 0.717) is 38.0 Å². The molecule has 0 bridgehead atoms. The van der Waals surface area contributed by atoms with E-state index in [1.165, 1.54) is 31.4 Å². The molecule has 1 fully saturated rings. The molecule has 0 aromatic heterocycles. The number of esters is 2. The first-order valence-electron chi connectivity index (χ1n) is 14.5. The number of hydrogen-bond donors (Lipinski definition) is 1. The zero-order chi connectivity index (χ0) is 28.3. The van der Waals surface area contributed by atoms with Crippen molar-refractivity contribution >= 4 is 11.9 Å². The summed E-state index contributed by atoms with van der Waals surface area (Å²) >= 11 is 0. The van der Waals surface area contributed by atoms with Gasteiger partial charge in [-0.05, 0) is 63.2 Å². The van der Waals surface area contributed by atoms with Crippen LogP contribution < -0.4 is 0 Å². The molecule has 0 radical (unpaired) electrons. The first kappa shape index (κ1) is 31.9. The number of rotatable bonds is 11. The molecule has 0 heterocycles. The maximum Gasteiger partial charge on any atom is 0.302 e. The fourth-order valence-corrected chi connectivity index (χ4v) is 5.92. The average molecular weight is 527 g/mol. The van der Waals surface area contributed by atoms with Gasteiger partial charge in [0.05, 0.1) is 0 Å². The van der Waals surface area contributed by atoms with Gasteiger partial charge in [-0.2, -0.15) is 0 Å². The number of ether oxygens (including phenoxy) is 2. The Morgan fingerprint density at radius 1 is 1.16 bits per heavy atom. The summed E-state index contributed by atoms with van der Waals surface area (Å²) in [6.07, 6.45) is 15.9. The van der Waals surface area contributed by atoms with Crippen molar-refractivity contribution in [3.05, 3.63) is 34.9 Å². The molecular formula is C33H50O5. The smallest absolute Gasteiger partial charge is 0.302 e. The van der Waals surface area contributed by atoms with E-state index in [1.54, 1.807) is 0 Å². The Balaban J connectivity index is 1.94. The van der Waals surface area contributed by atoms with Crippen LogP contribution >= 0.6 is 0 Å². The van der Waals surface area contributed by atoms with Crippen LogP contribution in [0.4, 0.5) is 0 Å². The van der Waals surface area contributed by atoms with E-state index in [4.69, 9.17) is 9.47 Å². The van der Waals surface area contributed by atoms with Crippen molar-refractivity contribution in [3.8, 4) is 11.8 Å². The molecule has 0 spiro atoms. The Morgan fingerprint density at radius 3 is 2.32 bits per heavy atom. The van der Waals surface area contributed by atoms with Gasteiger partial charge in [0.25, 0.3) is 0 Å². The molecular weight excluding hydrogens is 476 g/mol. The Labute approximate surface area is 231 Å². The summed E-state index contributed by atoms with van der Waals surface area (Å²) in [7, 11) is 0. The number of allylic oxidation sites excluding steroid dienone is 5. The van der Waals surface area contributed by atoms with E-state index in [-0.39, 0.29) is 29.6 Å². The van der Waals surface area contributed by atoms with Gasteiger partial charge in [-0.1, -0.05) is 74.5 Å². The minimum atomic E-state index is -0.855. The molecule has 5 heteroatoms. The predicted octanol–water partition coefficient (Wildman–Crippen LogP) is 7.38. The summed E-state index contributed by atoms with van der Waals surface area (Å²) < 4.78 is 10.9. The molecule has 2 aliphatic carbocycles.